The van der Waals surface area contributed by atoms with Crippen molar-refractivity contribution in [2.24, 2.45) is 0 Å². The molecule has 26 heavy (non-hydrogen) atoms. The average molecular weight is 365 g/mol. The Balaban J connectivity index is 1.44. The second-order valence-electron chi connectivity index (χ2n) is 5.84. The van der Waals surface area contributed by atoms with Gasteiger partial charge in [-0.1, -0.05) is 60.7 Å². The highest BCUT2D eigenvalue weighted by Crippen LogP contribution is 2.19. The van der Waals surface area contributed by atoms with Crippen LogP contribution in [0.3, 0.4) is 0 Å². The summed E-state index contributed by atoms with van der Waals surface area (Å²) >= 11 is 1.60. The van der Waals surface area contributed by atoms with E-state index < -0.39 is 0 Å². The minimum Gasteiger partial charge on any atom is -0.351 e. The number of carbonyl (C=O) groups is 1. The molecule has 0 unspecified atom stereocenters. The fraction of sp³-hybridized carbons (Fsp3) is 0.136. The highest BCUT2D eigenvalue weighted by molar-refractivity contribution is 7.98. The van der Waals surface area contributed by atoms with Crippen LogP contribution in [0.15, 0.2) is 78.9 Å². The predicted octanol–water partition coefficient (Wildman–Crippen LogP) is 5.16. The van der Waals surface area contributed by atoms with E-state index in [4.69, 9.17) is 0 Å². The Morgan fingerprint density at radius 1 is 0.846 bits per heavy atom. The Labute approximate surface area is 157 Å². The number of halogens is 1. The van der Waals surface area contributed by atoms with Crippen LogP contribution >= 0.6 is 11.8 Å². The second-order valence-corrected chi connectivity index (χ2v) is 6.95. The number of nitrogens with one attached hydrogen (secondary N) is 1. The number of rotatable bonds is 7. The first-order chi connectivity index (χ1) is 12.7. The van der Waals surface area contributed by atoms with Gasteiger partial charge in [0.25, 0.3) is 5.91 Å². The summed E-state index contributed by atoms with van der Waals surface area (Å²) in [4.78, 5) is 12.2. The van der Waals surface area contributed by atoms with Gasteiger partial charge in [-0.2, -0.15) is 11.8 Å². The highest BCUT2D eigenvalue weighted by atomic mass is 32.2. The summed E-state index contributed by atoms with van der Waals surface area (Å²) in [6.45, 7) is 0.554. The van der Waals surface area contributed by atoms with Crippen molar-refractivity contribution in [2.75, 3.05) is 12.3 Å². The Morgan fingerprint density at radius 3 is 2.23 bits per heavy atom. The van der Waals surface area contributed by atoms with E-state index in [1.807, 2.05) is 60.7 Å². The zero-order valence-electron chi connectivity index (χ0n) is 14.3. The zero-order valence-corrected chi connectivity index (χ0v) is 15.1. The second kappa shape index (κ2) is 9.20. The lowest BCUT2D eigenvalue weighted by Gasteiger charge is -2.07. The normalized spacial score (nSPS) is 10.5. The number of carbonyl (C=O) groups excluding carboxylic acids is 1. The minimum atomic E-state index is -0.178. The van der Waals surface area contributed by atoms with Crippen LogP contribution < -0.4 is 5.32 Å². The number of hydrogen-bond acceptors (Lipinski definition) is 2. The van der Waals surface area contributed by atoms with Gasteiger partial charge >= 0.3 is 0 Å². The lowest BCUT2D eigenvalue weighted by Crippen LogP contribution is -2.25. The number of thioether (sulfide) groups is 1. The molecule has 0 aliphatic carbocycles. The summed E-state index contributed by atoms with van der Waals surface area (Å²) < 4.78 is 13.5. The van der Waals surface area contributed by atoms with Crippen LogP contribution in [0.5, 0.6) is 0 Å². The molecular weight excluding hydrogens is 345 g/mol. The molecular formula is C22H20FNOS. The first kappa shape index (κ1) is 18.2. The van der Waals surface area contributed by atoms with Gasteiger partial charge < -0.3 is 5.32 Å². The SMILES string of the molecule is O=C(NCCSCc1ccccc1F)c1ccc(-c2ccccc2)cc1. The van der Waals surface area contributed by atoms with Crippen molar-refractivity contribution < 1.29 is 9.18 Å². The third-order valence-electron chi connectivity index (χ3n) is 4.00. The molecule has 0 heterocycles. The molecule has 3 rings (SSSR count). The van der Waals surface area contributed by atoms with Crippen LogP contribution in [0.4, 0.5) is 4.39 Å². The summed E-state index contributed by atoms with van der Waals surface area (Å²) in [7, 11) is 0. The van der Waals surface area contributed by atoms with Gasteiger partial charge in [-0.25, -0.2) is 4.39 Å². The average Bonchev–Trinajstić information content (AvgIpc) is 2.70. The Bertz CT molecular complexity index is 850. The Kier molecular flexibility index (Phi) is 6.45. The van der Waals surface area contributed by atoms with Crippen molar-refractivity contribution >= 4 is 17.7 Å². The fourth-order valence-corrected chi connectivity index (χ4v) is 3.43. The maximum Gasteiger partial charge on any atom is 0.251 e. The van der Waals surface area contributed by atoms with Crippen molar-refractivity contribution in [3.8, 4) is 11.1 Å². The van der Waals surface area contributed by atoms with Gasteiger partial charge in [-0.3, -0.25) is 4.79 Å². The molecule has 1 N–H and O–H groups in total. The van der Waals surface area contributed by atoms with Gasteiger partial charge in [0.1, 0.15) is 5.82 Å². The third kappa shape index (κ3) is 4.96. The molecule has 0 radical (unpaired) electrons. The topological polar surface area (TPSA) is 29.1 Å². The lowest BCUT2D eigenvalue weighted by molar-refractivity contribution is 0.0956. The molecule has 0 saturated heterocycles. The monoisotopic (exact) mass is 365 g/mol. The molecule has 0 aliphatic rings. The molecule has 0 fully saturated rings. The van der Waals surface area contributed by atoms with Crippen molar-refractivity contribution in [3.05, 3.63) is 95.8 Å². The molecule has 132 valence electrons. The van der Waals surface area contributed by atoms with Gasteiger partial charge in [0.05, 0.1) is 0 Å². The first-order valence-electron chi connectivity index (χ1n) is 8.49. The molecule has 0 aliphatic heterocycles. The molecule has 3 aromatic carbocycles. The van der Waals surface area contributed by atoms with E-state index >= 15 is 0 Å². The number of amides is 1. The van der Waals surface area contributed by atoms with E-state index in [9.17, 15) is 9.18 Å². The Hall–Kier alpha value is -2.59. The standard InChI is InChI=1S/C22H20FNOS/c23-21-9-5-4-8-20(21)16-26-15-14-24-22(25)19-12-10-18(11-13-19)17-6-2-1-3-7-17/h1-13H,14-16H2,(H,24,25). The summed E-state index contributed by atoms with van der Waals surface area (Å²) in [6, 6.07) is 24.4. The number of benzene rings is 3. The van der Waals surface area contributed by atoms with Crippen molar-refractivity contribution in [2.45, 2.75) is 5.75 Å². The smallest absolute Gasteiger partial charge is 0.251 e. The van der Waals surface area contributed by atoms with E-state index in [-0.39, 0.29) is 11.7 Å². The summed E-state index contributed by atoms with van der Waals surface area (Å²) in [5.74, 6) is 1.08. The predicted molar refractivity (Wildman–Crippen MR) is 107 cm³/mol. The van der Waals surface area contributed by atoms with E-state index in [1.165, 1.54) is 6.07 Å². The van der Waals surface area contributed by atoms with Gasteiger partial charge in [-0.15, -0.1) is 0 Å². The zero-order chi connectivity index (χ0) is 18.2. The van der Waals surface area contributed by atoms with Gasteiger partial charge in [0.2, 0.25) is 0 Å². The van der Waals surface area contributed by atoms with Crippen LogP contribution in [0.2, 0.25) is 0 Å². The van der Waals surface area contributed by atoms with Crippen molar-refractivity contribution in [3.63, 3.8) is 0 Å². The van der Waals surface area contributed by atoms with Crippen molar-refractivity contribution in [1.29, 1.82) is 0 Å². The minimum absolute atomic E-state index is 0.0869. The van der Waals surface area contributed by atoms with Crippen LogP contribution in [0, 0.1) is 5.82 Å². The molecule has 1 amide bonds. The maximum absolute atomic E-state index is 13.5. The molecule has 3 aromatic rings. The van der Waals surface area contributed by atoms with Gasteiger partial charge in [0.15, 0.2) is 0 Å². The lowest BCUT2D eigenvalue weighted by atomic mass is 10.0. The molecule has 0 aromatic heterocycles. The molecule has 0 saturated carbocycles. The molecule has 0 bridgehead atoms. The molecule has 4 heteroatoms. The summed E-state index contributed by atoms with van der Waals surface area (Å²) in [5.41, 5.74) is 3.55. The van der Waals surface area contributed by atoms with Crippen molar-refractivity contribution in [1.82, 2.24) is 5.32 Å². The van der Waals surface area contributed by atoms with E-state index in [0.717, 1.165) is 16.9 Å². The van der Waals surface area contributed by atoms with Crippen LogP contribution in [0.25, 0.3) is 11.1 Å². The van der Waals surface area contributed by atoms with E-state index in [2.05, 4.69) is 5.32 Å². The first-order valence-corrected chi connectivity index (χ1v) is 9.64. The van der Waals surface area contributed by atoms with Gasteiger partial charge in [0, 0.05) is 23.6 Å². The fourth-order valence-electron chi connectivity index (χ4n) is 2.58. The van der Waals surface area contributed by atoms with E-state index in [0.29, 0.717) is 23.4 Å². The molecule has 0 atom stereocenters. The third-order valence-corrected chi connectivity index (χ3v) is 5.01. The summed E-state index contributed by atoms with van der Waals surface area (Å²) in [6.07, 6.45) is 0. The maximum atomic E-state index is 13.5. The van der Waals surface area contributed by atoms with Crippen LogP contribution in [-0.4, -0.2) is 18.2 Å². The quantitative estimate of drug-likeness (QED) is 0.586. The highest BCUT2D eigenvalue weighted by Gasteiger charge is 2.06. The largest absolute Gasteiger partial charge is 0.351 e. The summed E-state index contributed by atoms with van der Waals surface area (Å²) in [5, 5.41) is 2.91. The van der Waals surface area contributed by atoms with E-state index in [1.54, 1.807) is 23.9 Å². The number of hydrogen-bond donors (Lipinski definition) is 1. The van der Waals surface area contributed by atoms with Crippen LogP contribution in [-0.2, 0) is 5.75 Å². The molecule has 2 nitrogen and oxygen atoms in total. The molecule has 0 spiro atoms. The van der Waals surface area contributed by atoms with Gasteiger partial charge in [-0.05, 0) is 34.9 Å². The van der Waals surface area contributed by atoms with Crippen LogP contribution in [0.1, 0.15) is 15.9 Å². The Morgan fingerprint density at radius 2 is 1.50 bits per heavy atom.